The molecule has 0 aromatic heterocycles. The number of likely N-dealkylation sites (N-methyl/N-ethyl adjacent to an activating group) is 1. The Labute approximate surface area is 104 Å². The molecule has 0 aliphatic rings. The minimum absolute atomic E-state index is 0.232. The molecule has 5 nitrogen and oxygen atoms in total. The summed E-state index contributed by atoms with van der Waals surface area (Å²) in [5.74, 6) is -0.790. The van der Waals surface area contributed by atoms with Gasteiger partial charge in [-0.25, -0.2) is 0 Å². The van der Waals surface area contributed by atoms with E-state index in [1.165, 1.54) is 0 Å². The Morgan fingerprint density at radius 1 is 1.47 bits per heavy atom. The van der Waals surface area contributed by atoms with Crippen LogP contribution in [0.5, 0.6) is 0 Å². The molecule has 102 valence electrons. The molecular weight excluding hydrogens is 220 g/mol. The van der Waals surface area contributed by atoms with Crippen molar-refractivity contribution in [2.75, 3.05) is 33.4 Å². The number of ether oxygens (including phenoxy) is 1. The first-order valence-corrected chi connectivity index (χ1v) is 6.25. The van der Waals surface area contributed by atoms with Gasteiger partial charge in [-0.3, -0.25) is 9.69 Å². The first-order valence-electron chi connectivity index (χ1n) is 6.25. The number of methoxy groups -OCH3 is 1. The highest BCUT2D eigenvalue weighted by Crippen LogP contribution is 2.01. The number of aliphatic carboxylic acids is 1. The maximum atomic E-state index is 11.1. The third kappa shape index (κ3) is 6.61. The topological polar surface area (TPSA) is 61.8 Å². The molecule has 0 heterocycles. The molecule has 0 saturated heterocycles. The second kappa shape index (κ2) is 9.39. The molecule has 0 saturated carbocycles. The molecule has 2 unspecified atom stereocenters. The van der Waals surface area contributed by atoms with Crippen LogP contribution in [-0.4, -0.2) is 61.4 Å². The number of rotatable bonds is 10. The number of carboxylic acid groups (broad SMARTS) is 1. The average molecular weight is 246 g/mol. The van der Waals surface area contributed by atoms with Crippen LogP contribution in [-0.2, 0) is 9.53 Å². The fourth-order valence-corrected chi connectivity index (χ4v) is 1.75. The van der Waals surface area contributed by atoms with E-state index in [0.717, 1.165) is 19.5 Å². The summed E-state index contributed by atoms with van der Waals surface area (Å²) in [7, 11) is 1.66. The highest BCUT2D eigenvalue weighted by Gasteiger charge is 2.22. The van der Waals surface area contributed by atoms with Crippen LogP contribution in [0.15, 0.2) is 0 Å². The van der Waals surface area contributed by atoms with E-state index in [2.05, 4.69) is 10.2 Å². The lowest BCUT2D eigenvalue weighted by Crippen LogP contribution is -2.49. The Bertz CT molecular complexity index is 212. The quantitative estimate of drug-likeness (QED) is 0.597. The molecule has 0 aromatic carbocycles. The van der Waals surface area contributed by atoms with Crippen molar-refractivity contribution in [2.45, 2.75) is 39.3 Å². The number of hydrogen-bond donors (Lipinski definition) is 2. The van der Waals surface area contributed by atoms with Crippen molar-refractivity contribution < 1.29 is 14.6 Å². The second-order valence-corrected chi connectivity index (χ2v) is 4.24. The van der Waals surface area contributed by atoms with Crippen LogP contribution in [0.1, 0.15) is 27.2 Å². The van der Waals surface area contributed by atoms with Gasteiger partial charge in [-0.2, -0.15) is 0 Å². The normalized spacial score (nSPS) is 14.9. The number of hydrogen-bond acceptors (Lipinski definition) is 4. The van der Waals surface area contributed by atoms with Crippen LogP contribution in [0.25, 0.3) is 0 Å². The number of nitrogens with zero attached hydrogens (tertiary/aromatic N) is 1. The summed E-state index contributed by atoms with van der Waals surface area (Å²) in [4.78, 5) is 13.2. The minimum atomic E-state index is -0.790. The van der Waals surface area contributed by atoms with E-state index in [1.54, 1.807) is 7.11 Å². The van der Waals surface area contributed by atoms with Gasteiger partial charge in [0, 0.05) is 19.7 Å². The third-order valence-electron chi connectivity index (χ3n) is 2.79. The average Bonchev–Trinajstić information content (AvgIpc) is 2.29. The van der Waals surface area contributed by atoms with Crippen molar-refractivity contribution >= 4 is 5.97 Å². The van der Waals surface area contributed by atoms with Gasteiger partial charge in [0.05, 0.1) is 6.61 Å². The van der Waals surface area contributed by atoms with Crippen molar-refractivity contribution in [3.63, 3.8) is 0 Å². The zero-order chi connectivity index (χ0) is 13.3. The molecule has 0 aromatic rings. The molecular formula is C12H26N2O3. The molecule has 0 aliphatic heterocycles. The zero-order valence-corrected chi connectivity index (χ0v) is 11.4. The van der Waals surface area contributed by atoms with Crippen molar-refractivity contribution in [1.29, 1.82) is 0 Å². The van der Waals surface area contributed by atoms with Crippen LogP contribution >= 0.6 is 0 Å². The van der Waals surface area contributed by atoms with E-state index in [1.807, 2.05) is 20.8 Å². The van der Waals surface area contributed by atoms with Crippen LogP contribution in [0.4, 0.5) is 0 Å². The second-order valence-electron chi connectivity index (χ2n) is 4.24. The van der Waals surface area contributed by atoms with Gasteiger partial charge < -0.3 is 15.2 Å². The van der Waals surface area contributed by atoms with Gasteiger partial charge in [0.2, 0.25) is 0 Å². The fraction of sp³-hybridized carbons (Fsp3) is 0.917. The molecule has 2 N–H and O–H groups in total. The van der Waals surface area contributed by atoms with E-state index in [9.17, 15) is 4.79 Å². The lowest BCUT2D eigenvalue weighted by atomic mass is 10.2. The van der Waals surface area contributed by atoms with E-state index in [4.69, 9.17) is 9.84 Å². The number of carboxylic acids is 1. The molecule has 0 rings (SSSR count). The first-order chi connectivity index (χ1) is 8.06. The van der Waals surface area contributed by atoms with Crippen LogP contribution < -0.4 is 5.32 Å². The van der Waals surface area contributed by atoms with Gasteiger partial charge in [0.1, 0.15) is 6.04 Å². The van der Waals surface area contributed by atoms with Gasteiger partial charge in [0.25, 0.3) is 0 Å². The van der Waals surface area contributed by atoms with Crippen molar-refractivity contribution in [3.05, 3.63) is 0 Å². The van der Waals surface area contributed by atoms with E-state index >= 15 is 0 Å². The van der Waals surface area contributed by atoms with Gasteiger partial charge >= 0.3 is 5.97 Å². The fourth-order valence-electron chi connectivity index (χ4n) is 1.75. The Morgan fingerprint density at radius 2 is 2.12 bits per heavy atom. The number of nitrogens with one attached hydrogen (secondary N) is 1. The summed E-state index contributed by atoms with van der Waals surface area (Å²) in [6.07, 6.45) is 0.934. The Hall–Kier alpha value is -0.650. The molecule has 5 heteroatoms. The standard InChI is InChI=1S/C12H26N2O3/c1-5-7-13-11(12(15)16)8-14(6-2)10(3)9-17-4/h10-11,13H,5-9H2,1-4H3,(H,15,16). The van der Waals surface area contributed by atoms with E-state index in [0.29, 0.717) is 13.2 Å². The molecule has 0 bridgehead atoms. The summed E-state index contributed by atoms with van der Waals surface area (Å²) >= 11 is 0. The number of carbonyl (C=O) groups is 1. The Balaban J connectivity index is 4.31. The van der Waals surface area contributed by atoms with Crippen LogP contribution in [0.3, 0.4) is 0 Å². The Kier molecular flexibility index (Phi) is 9.03. The van der Waals surface area contributed by atoms with Gasteiger partial charge in [-0.1, -0.05) is 13.8 Å². The summed E-state index contributed by atoms with van der Waals surface area (Å²) in [6, 6.07) is -0.274. The lowest BCUT2D eigenvalue weighted by molar-refractivity contribution is -0.140. The van der Waals surface area contributed by atoms with Gasteiger partial charge in [-0.15, -0.1) is 0 Å². The van der Waals surface area contributed by atoms with Gasteiger partial charge in [0.15, 0.2) is 0 Å². The highest BCUT2D eigenvalue weighted by molar-refractivity contribution is 5.73. The predicted molar refractivity (Wildman–Crippen MR) is 68.3 cm³/mol. The molecule has 2 atom stereocenters. The maximum Gasteiger partial charge on any atom is 0.322 e. The molecule has 0 fully saturated rings. The SMILES string of the molecule is CCCNC(CN(CC)C(C)COC)C(=O)O. The monoisotopic (exact) mass is 246 g/mol. The minimum Gasteiger partial charge on any atom is -0.480 e. The maximum absolute atomic E-state index is 11.1. The van der Waals surface area contributed by atoms with Crippen molar-refractivity contribution in [2.24, 2.45) is 0 Å². The summed E-state index contributed by atoms with van der Waals surface area (Å²) in [6.45, 7) is 8.78. The van der Waals surface area contributed by atoms with Crippen LogP contribution in [0, 0.1) is 0 Å². The first kappa shape index (κ1) is 16.4. The van der Waals surface area contributed by atoms with E-state index < -0.39 is 12.0 Å². The summed E-state index contributed by atoms with van der Waals surface area (Å²) in [5.41, 5.74) is 0. The van der Waals surface area contributed by atoms with Crippen molar-refractivity contribution in [3.8, 4) is 0 Å². The molecule has 0 aliphatic carbocycles. The third-order valence-corrected chi connectivity index (χ3v) is 2.79. The molecule has 0 radical (unpaired) electrons. The van der Waals surface area contributed by atoms with E-state index in [-0.39, 0.29) is 6.04 Å². The summed E-state index contributed by atoms with van der Waals surface area (Å²) < 4.78 is 5.10. The largest absolute Gasteiger partial charge is 0.480 e. The molecule has 17 heavy (non-hydrogen) atoms. The Morgan fingerprint density at radius 3 is 2.53 bits per heavy atom. The molecule has 0 amide bonds. The predicted octanol–water partition coefficient (Wildman–Crippen LogP) is 0.796. The zero-order valence-electron chi connectivity index (χ0n) is 11.4. The van der Waals surface area contributed by atoms with Crippen LogP contribution in [0.2, 0.25) is 0 Å². The van der Waals surface area contributed by atoms with Gasteiger partial charge in [-0.05, 0) is 26.4 Å². The highest BCUT2D eigenvalue weighted by atomic mass is 16.5. The lowest BCUT2D eigenvalue weighted by Gasteiger charge is -2.30. The molecule has 0 spiro atoms. The smallest absolute Gasteiger partial charge is 0.322 e. The summed E-state index contributed by atoms with van der Waals surface area (Å²) in [5, 5.41) is 12.2. The van der Waals surface area contributed by atoms with Crippen molar-refractivity contribution in [1.82, 2.24) is 10.2 Å².